The number of nitrogens with zero attached hydrogens (tertiary/aromatic N) is 1. The van der Waals surface area contributed by atoms with E-state index in [1.807, 2.05) is 0 Å². The van der Waals surface area contributed by atoms with Crippen molar-refractivity contribution in [3.8, 4) is 11.5 Å². The lowest BCUT2D eigenvalue weighted by Gasteiger charge is -2.13. The fourth-order valence-corrected chi connectivity index (χ4v) is 5.63. The van der Waals surface area contributed by atoms with Crippen molar-refractivity contribution < 1.29 is 28.2 Å². The van der Waals surface area contributed by atoms with Crippen molar-refractivity contribution in [1.82, 2.24) is 4.90 Å². The number of methoxy groups -OCH3 is 1. The Labute approximate surface area is 233 Å². The first-order valence-electron chi connectivity index (χ1n) is 10.8. The molecule has 1 aliphatic rings. The van der Waals surface area contributed by atoms with Gasteiger partial charge in [-0.3, -0.25) is 19.3 Å². The van der Waals surface area contributed by atoms with Gasteiger partial charge in [0.15, 0.2) is 0 Å². The molecule has 1 aliphatic heterocycles. The molecule has 37 heavy (non-hydrogen) atoms. The second kappa shape index (κ2) is 11.9. The molecule has 0 aromatic heterocycles. The first-order chi connectivity index (χ1) is 17.7. The van der Waals surface area contributed by atoms with Crippen LogP contribution in [0.2, 0.25) is 0 Å². The van der Waals surface area contributed by atoms with Gasteiger partial charge in [-0.2, -0.15) is 0 Å². The van der Waals surface area contributed by atoms with E-state index in [1.165, 1.54) is 19.2 Å². The number of ether oxygens (including phenoxy) is 2. The normalized spacial score (nSPS) is 14.3. The van der Waals surface area contributed by atoms with Crippen LogP contribution in [0.3, 0.4) is 0 Å². The van der Waals surface area contributed by atoms with Gasteiger partial charge in [0.2, 0.25) is 5.91 Å². The average Bonchev–Trinajstić information content (AvgIpc) is 3.12. The van der Waals surface area contributed by atoms with Crippen LogP contribution in [0.15, 0.2) is 74.5 Å². The number of carbonyl (C=O) groups excluding carboxylic acids is 3. The Morgan fingerprint density at radius 1 is 1.05 bits per heavy atom. The lowest BCUT2D eigenvalue weighted by molar-refractivity contribution is -0.127. The third-order valence-electron chi connectivity index (χ3n) is 5.16. The monoisotopic (exact) mass is 648 g/mol. The number of halogens is 3. The first kappa shape index (κ1) is 26.9. The molecular formula is C26H19Br2FN2O5S. The molecule has 1 fully saturated rings. The number of benzene rings is 3. The van der Waals surface area contributed by atoms with Gasteiger partial charge in [-0.15, -0.1) is 0 Å². The third kappa shape index (κ3) is 6.79. The van der Waals surface area contributed by atoms with E-state index in [1.54, 1.807) is 54.6 Å². The summed E-state index contributed by atoms with van der Waals surface area (Å²) in [5, 5.41) is 2.13. The van der Waals surface area contributed by atoms with Crippen molar-refractivity contribution >= 4 is 72.4 Å². The number of rotatable bonds is 8. The Hall–Kier alpha value is -3.15. The molecule has 3 amide bonds. The zero-order valence-corrected chi connectivity index (χ0v) is 23.3. The number of carbonyl (C=O) groups is 3. The summed E-state index contributed by atoms with van der Waals surface area (Å²) in [4.78, 5) is 38.8. The van der Waals surface area contributed by atoms with E-state index in [0.29, 0.717) is 31.7 Å². The van der Waals surface area contributed by atoms with Gasteiger partial charge in [0.1, 0.15) is 30.5 Å². The summed E-state index contributed by atoms with van der Waals surface area (Å²) in [6, 6.07) is 16.2. The predicted molar refractivity (Wildman–Crippen MR) is 147 cm³/mol. The van der Waals surface area contributed by atoms with Crippen LogP contribution in [0.4, 0.5) is 14.9 Å². The molecule has 0 unspecified atom stereocenters. The molecule has 1 heterocycles. The van der Waals surface area contributed by atoms with Crippen LogP contribution in [0.1, 0.15) is 11.1 Å². The second-order valence-electron chi connectivity index (χ2n) is 7.77. The van der Waals surface area contributed by atoms with Crippen molar-refractivity contribution in [2.45, 2.75) is 6.61 Å². The summed E-state index contributed by atoms with van der Waals surface area (Å²) >= 11 is 7.70. The Bertz CT molecular complexity index is 1360. The minimum atomic E-state index is -0.552. The number of thioether (sulfide) groups is 1. The molecule has 0 bridgehead atoms. The number of hydrogen-bond donors (Lipinski definition) is 1. The van der Waals surface area contributed by atoms with Crippen molar-refractivity contribution in [3.63, 3.8) is 0 Å². The number of imide groups is 1. The highest BCUT2D eigenvalue weighted by Crippen LogP contribution is 2.38. The summed E-state index contributed by atoms with van der Waals surface area (Å²) < 4.78 is 25.3. The van der Waals surface area contributed by atoms with E-state index >= 15 is 0 Å². The van der Waals surface area contributed by atoms with Gasteiger partial charge in [0, 0.05) is 5.69 Å². The zero-order chi connectivity index (χ0) is 26.5. The maximum atomic E-state index is 13.1. The van der Waals surface area contributed by atoms with Gasteiger partial charge >= 0.3 is 0 Å². The molecule has 0 spiro atoms. The molecule has 0 aliphatic carbocycles. The Morgan fingerprint density at radius 2 is 1.70 bits per heavy atom. The number of anilines is 1. The van der Waals surface area contributed by atoms with Crippen LogP contribution >= 0.6 is 43.6 Å². The van der Waals surface area contributed by atoms with Crippen molar-refractivity contribution in [1.29, 1.82) is 0 Å². The molecule has 11 heteroatoms. The van der Waals surface area contributed by atoms with Gasteiger partial charge in [-0.25, -0.2) is 4.39 Å². The van der Waals surface area contributed by atoms with Gasteiger partial charge in [0.05, 0.1) is 21.0 Å². The maximum absolute atomic E-state index is 13.1. The molecule has 0 saturated carbocycles. The molecule has 4 rings (SSSR count). The standard InChI is InChI=1S/C26H19Br2FN2O5S/c1-35-19-8-6-18(7-9-19)30-23(32)13-31-25(33)22(37-26(31)34)12-16-10-20(27)24(21(28)11-16)36-14-15-2-4-17(29)5-3-15/h2-12H,13-14H2,1H3,(H,30,32)/b22-12+. The second-order valence-corrected chi connectivity index (χ2v) is 10.5. The molecule has 190 valence electrons. The average molecular weight is 650 g/mol. The van der Waals surface area contributed by atoms with Gasteiger partial charge in [-0.05, 0) is 109 Å². The number of hydrogen-bond acceptors (Lipinski definition) is 6. The fraction of sp³-hybridized carbons (Fsp3) is 0.115. The molecule has 0 atom stereocenters. The largest absolute Gasteiger partial charge is 0.497 e. The predicted octanol–water partition coefficient (Wildman–Crippen LogP) is 6.61. The maximum Gasteiger partial charge on any atom is 0.294 e. The van der Waals surface area contributed by atoms with Crippen LogP contribution in [0.25, 0.3) is 6.08 Å². The zero-order valence-electron chi connectivity index (χ0n) is 19.3. The summed E-state index contributed by atoms with van der Waals surface area (Å²) in [7, 11) is 1.54. The van der Waals surface area contributed by atoms with Crippen LogP contribution in [0.5, 0.6) is 11.5 Å². The van der Waals surface area contributed by atoms with Gasteiger partial charge in [-0.1, -0.05) is 12.1 Å². The Morgan fingerprint density at radius 3 is 2.32 bits per heavy atom. The highest BCUT2D eigenvalue weighted by Gasteiger charge is 2.36. The lowest BCUT2D eigenvalue weighted by atomic mass is 10.2. The quantitative estimate of drug-likeness (QED) is 0.276. The number of amides is 3. The summed E-state index contributed by atoms with van der Waals surface area (Å²) in [6.07, 6.45) is 1.57. The molecule has 0 radical (unpaired) electrons. The van der Waals surface area contributed by atoms with Gasteiger partial charge in [0.25, 0.3) is 11.1 Å². The van der Waals surface area contributed by atoms with Gasteiger partial charge < -0.3 is 14.8 Å². The van der Waals surface area contributed by atoms with Crippen LogP contribution in [-0.4, -0.2) is 35.6 Å². The molecular weight excluding hydrogens is 631 g/mol. The van der Waals surface area contributed by atoms with Crippen molar-refractivity contribution in [2.75, 3.05) is 19.0 Å². The highest BCUT2D eigenvalue weighted by molar-refractivity contribution is 9.11. The van der Waals surface area contributed by atoms with Crippen molar-refractivity contribution in [2.24, 2.45) is 0 Å². The SMILES string of the molecule is COc1ccc(NC(=O)CN2C(=O)S/C(=C/c3cc(Br)c(OCc4ccc(F)cc4)c(Br)c3)C2=O)cc1. The lowest BCUT2D eigenvalue weighted by Crippen LogP contribution is -2.36. The van der Waals surface area contributed by atoms with E-state index in [9.17, 15) is 18.8 Å². The molecule has 3 aromatic rings. The first-order valence-corrected chi connectivity index (χ1v) is 13.2. The summed E-state index contributed by atoms with van der Waals surface area (Å²) in [5.41, 5.74) is 1.96. The van der Waals surface area contributed by atoms with E-state index in [-0.39, 0.29) is 17.3 Å². The van der Waals surface area contributed by atoms with E-state index in [4.69, 9.17) is 9.47 Å². The molecule has 7 nitrogen and oxygen atoms in total. The van der Waals surface area contributed by atoms with E-state index in [0.717, 1.165) is 22.2 Å². The minimum absolute atomic E-state index is 0.195. The summed E-state index contributed by atoms with van der Waals surface area (Å²) in [6.45, 7) is -0.175. The third-order valence-corrected chi connectivity index (χ3v) is 7.25. The van der Waals surface area contributed by atoms with E-state index in [2.05, 4.69) is 37.2 Å². The highest BCUT2D eigenvalue weighted by atomic mass is 79.9. The van der Waals surface area contributed by atoms with Crippen LogP contribution < -0.4 is 14.8 Å². The van der Waals surface area contributed by atoms with Crippen molar-refractivity contribution in [3.05, 3.63) is 91.5 Å². The fourth-order valence-electron chi connectivity index (χ4n) is 3.34. The smallest absolute Gasteiger partial charge is 0.294 e. The van der Waals surface area contributed by atoms with E-state index < -0.39 is 23.6 Å². The van der Waals surface area contributed by atoms with Crippen LogP contribution in [0, 0.1) is 5.82 Å². The molecule has 3 aromatic carbocycles. The number of nitrogens with one attached hydrogen (secondary N) is 1. The van der Waals surface area contributed by atoms with Crippen LogP contribution in [-0.2, 0) is 16.2 Å². The summed E-state index contributed by atoms with van der Waals surface area (Å²) in [5.74, 6) is -0.201. The Balaban J connectivity index is 1.41. The molecule has 1 saturated heterocycles. The molecule has 1 N–H and O–H groups in total. The topological polar surface area (TPSA) is 84.9 Å². The minimum Gasteiger partial charge on any atom is -0.497 e. The Kier molecular flexibility index (Phi) is 8.67.